The molecule has 0 bridgehead atoms. The van der Waals surface area contributed by atoms with Crippen molar-refractivity contribution < 1.29 is 4.42 Å². The maximum Gasteiger partial charge on any atom is 0.143 e. The number of para-hydroxylation sites is 2. The number of hydrogen-bond acceptors (Lipinski definition) is 3. The van der Waals surface area contributed by atoms with E-state index in [9.17, 15) is 0 Å². The molecule has 4 heteroatoms. The molecule has 0 spiro atoms. The van der Waals surface area contributed by atoms with E-state index in [0.717, 1.165) is 61.2 Å². The molecule has 62 heavy (non-hydrogen) atoms. The molecule has 0 saturated carbocycles. The zero-order valence-corrected chi connectivity index (χ0v) is 34.3. The van der Waals surface area contributed by atoms with Crippen molar-refractivity contribution in [1.82, 2.24) is 4.57 Å². The molecule has 0 atom stereocenters. The molecule has 3 heterocycles. The van der Waals surface area contributed by atoms with Crippen molar-refractivity contribution in [2.75, 3.05) is 4.90 Å². The van der Waals surface area contributed by atoms with Crippen molar-refractivity contribution in [2.45, 2.75) is 0 Å². The number of benzene rings is 10. The lowest BCUT2D eigenvalue weighted by Gasteiger charge is -2.26. The highest BCUT2D eigenvalue weighted by Gasteiger charge is 2.19. The van der Waals surface area contributed by atoms with Gasteiger partial charge in [-0.2, -0.15) is 0 Å². The molecule has 0 N–H and O–H groups in total. The zero-order valence-electron chi connectivity index (χ0n) is 33.5. The van der Waals surface area contributed by atoms with E-state index in [1.807, 2.05) is 11.3 Å². The first-order valence-electron chi connectivity index (χ1n) is 21.1. The Bertz CT molecular complexity index is 3820. The Hall–Kier alpha value is -7.92. The van der Waals surface area contributed by atoms with Crippen LogP contribution in [-0.4, -0.2) is 4.57 Å². The minimum atomic E-state index is 0.896. The molecule has 10 aromatic carbocycles. The smallest absolute Gasteiger partial charge is 0.143 e. The molecule has 13 aromatic rings. The standard InChI is InChI=1S/C58H36N2OS/c1-2-15-45-37(12-1)30-35-51-56-44(19-11-24-54(56)61-57(45)51)38-26-31-40(32-27-38)59(41-33-28-39(29-34-41)46-20-10-21-50-49-18-5-8-25-55(49)62-58(46)50)42-13-9-14-43(36-42)60-52-22-6-3-16-47(52)48-17-4-7-23-53(48)60/h1-36H. The molecule has 0 saturated heterocycles. The molecule has 3 aromatic heterocycles. The second kappa shape index (κ2) is 13.8. The molecular formula is C58H36N2OS. The van der Waals surface area contributed by atoms with Crippen molar-refractivity contribution in [1.29, 1.82) is 0 Å². The number of hydrogen-bond donors (Lipinski definition) is 0. The van der Waals surface area contributed by atoms with Gasteiger partial charge in [0.2, 0.25) is 0 Å². The molecule has 290 valence electrons. The summed E-state index contributed by atoms with van der Waals surface area (Å²) in [5, 5.41) is 9.70. The summed E-state index contributed by atoms with van der Waals surface area (Å²) in [6, 6.07) is 79.1. The third-order valence-corrected chi connectivity index (χ3v) is 13.8. The van der Waals surface area contributed by atoms with Crippen LogP contribution >= 0.6 is 11.3 Å². The molecule has 0 radical (unpaired) electrons. The van der Waals surface area contributed by atoms with E-state index in [0.29, 0.717) is 0 Å². The Morgan fingerprint density at radius 3 is 1.76 bits per heavy atom. The van der Waals surface area contributed by atoms with E-state index >= 15 is 0 Å². The van der Waals surface area contributed by atoms with Gasteiger partial charge in [0.25, 0.3) is 0 Å². The normalized spacial score (nSPS) is 11.9. The predicted molar refractivity (Wildman–Crippen MR) is 264 cm³/mol. The summed E-state index contributed by atoms with van der Waals surface area (Å²) in [7, 11) is 0. The fourth-order valence-electron chi connectivity index (χ4n) is 9.77. The third-order valence-electron chi connectivity index (χ3n) is 12.6. The maximum atomic E-state index is 6.57. The minimum absolute atomic E-state index is 0.896. The van der Waals surface area contributed by atoms with Gasteiger partial charge in [-0.05, 0) is 100 Å². The number of thiophene rings is 1. The van der Waals surface area contributed by atoms with Crippen LogP contribution in [0.1, 0.15) is 0 Å². The number of fused-ring (bicyclic) bond motifs is 11. The molecule has 0 amide bonds. The minimum Gasteiger partial charge on any atom is -0.455 e. The van der Waals surface area contributed by atoms with Gasteiger partial charge in [-0.3, -0.25) is 0 Å². The summed E-state index contributed by atoms with van der Waals surface area (Å²) in [5.74, 6) is 0. The maximum absolute atomic E-state index is 6.57. The average Bonchev–Trinajstić information content (AvgIpc) is 4.02. The van der Waals surface area contributed by atoms with Crippen molar-refractivity contribution in [3.8, 4) is 27.9 Å². The largest absolute Gasteiger partial charge is 0.455 e. The topological polar surface area (TPSA) is 21.3 Å². The molecule has 0 fully saturated rings. The molecule has 13 rings (SSSR count). The van der Waals surface area contributed by atoms with Gasteiger partial charge in [-0.1, -0.05) is 146 Å². The number of anilines is 3. The number of rotatable bonds is 6. The van der Waals surface area contributed by atoms with Crippen LogP contribution in [0.25, 0.3) is 103 Å². The molecule has 0 unspecified atom stereocenters. The predicted octanol–water partition coefficient (Wildman–Crippen LogP) is 17.0. The number of furan rings is 1. The lowest BCUT2D eigenvalue weighted by Crippen LogP contribution is -2.10. The molecule has 0 aliphatic carbocycles. The van der Waals surface area contributed by atoms with Crippen LogP contribution in [0.3, 0.4) is 0 Å². The van der Waals surface area contributed by atoms with E-state index < -0.39 is 0 Å². The molecule has 0 aliphatic rings. The fraction of sp³-hybridized carbons (Fsp3) is 0. The van der Waals surface area contributed by atoms with E-state index in [1.54, 1.807) is 0 Å². The Morgan fingerprint density at radius 2 is 1.00 bits per heavy atom. The molecule has 0 aliphatic heterocycles. The summed E-state index contributed by atoms with van der Waals surface area (Å²) >= 11 is 1.87. The number of nitrogens with zero attached hydrogens (tertiary/aromatic N) is 2. The first kappa shape index (κ1) is 34.9. The lowest BCUT2D eigenvalue weighted by atomic mass is 9.98. The highest BCUT2D eigenvalue weighted by atomic mass is 32.1. The second-order valence-corrected chi connectivity index (χ2v) is 17.1. The summed E-state index contributed by atoms with van der Waals surface area (Å²) in [4.78, 5) is 2.38. The van der Waals surface area contributed by atoms with Crippen LogP contribution in [0.2, 0.25) is 0 Å². The number of aromatic nitrogens is 1. The summed E-state index contributed by atoms with van der Waals surface area (Å²) in [6.07, 6.45) is 0. The highest BCUT2D eigenvalue weighted by molar-refractivity contribution is 7.26. The van der Waals surface area contributed by atoms with Gasteiger partial charge in [0.15, 0.2) is 0 Å². The van der Waals surface area contributed by atoms with Crippen LogP contribution < -0.4 is 4.90 Å². The summed E-state index contributed by atoms with van der Waals surface area (Å²) < 4.78 is 11.6. The first-order chi connectivity index (χ1) is 30.7. The van der Waals surface area contributed by atoms with Crippen molar-refractivity contribution >= 4 is 103 Å². The fourth-order valence-corrected chi connectivity index (χ4v) is 11.0. The van der Waals surface area contributed by atoms with E-state index in [1.165, 1.54) is 58.5 Å². The van der Waals surface area contributed by atoms with Crippen LogP contribution in [0.5, 0.6) is 0 Å². The van der Waals surface area contributed by atoms with Crippen LogP contribution in [0.4, 0.5) is 17.1 Å². The van der Waals surface area contributed by atoms with Gasteiger partial charge < -0.3 is 13.9 Å². The van der Waals surface area contributed by atoms with Gasteiger partial charge in [0.1, 0.15) is 11.2 Å². The van der Waals surface area contributed by atoms with Crippen LogP contribution in [0, 0.1) is 0 Å². The van der Waals surface area contributed by atoms with Gasteiger partial charge >= 0.3 is 0 Å². The van der Waals surface area contributed by atoms with Gasteiger partial charge in [0, 0.05) is 69.9 Å². The second-order valence-electron chi connectivity index (χ2n) is 16.0. The van der Waals surface area contributed by atoms with Gasteiger partial charge in [-0.15, -0.1) is 11.3 Å². The SMILES string of the molecule is c1cc(N(c2ccc(-c3cccc4c3sc3ccccc34)cc2)c2ccc(-c3cccc4oc5c6ccccc6ccc5c34)cc2)cc(-n2c3ccccc3c3ccccc32)c1. The van der Waals surface area contributed by atoms with Gasteiger partial charge in [0.05, 0.1) is 11.0 Å². The lowest BCUT2D eigenvalue weighted by molar-refractivity contribution is 0.673. The van der Waals surface area contributed by atoms with E-state index in [4.69, 9.17) is 4.42 Å². The van der Waals surface area contributed by atoms with Crippen LogP contribution in [-0.2, 0) is 0 Å². The Labute approximate surface area is 361 Å². The Morgan fingerprint density at radius 1 is 0.403 bits per heavy atom. The molecule has 3 nitrogen and oxygen atoms in total. The zero-order chi connectivity index (χ0) is 40.7. The van der Waals surface area contributed by atoms with Gasteiger partial charge in [-0.25, -0.2) is 0 Å². The van der Waals surface area contributed by atoms with Crippen molar-refractivity contribution in [3.05, 3.63) is 218 Å². The van der Waals surface area contributed by atoms with E-state index in [2.05, 4.69) is 228 Å². The quantitative estimate of drug-likeness (QED) is 0.167. The summed E-state index contributed by atoms with van der Waals surface area (Å²) in [6.45, 7) is 0. The van der Waals surface area contributed by atoms with Crippen molar-refractivity contribution in [2.24, 2.45) is 0 Å². The highest BCUT2D eigenvalue weighted by Crippen LogP contribution is 2.44. The Kier molecular flexibility index (Phi) is 7.78. The van der Waals surface area contributed by atoms with Crippen molar-refractivity contribution in [3.63, 3.8) is 0 Å². The average molecular weight is 809 g/mol. The first-order valence-corrected chi connectivity index (χ1v) is 21.9. The summed E-state index contributed by atoms with van der Waals surface area (Å²) in [5.41, 5.74) is 13.3. The monoisotopic (exact) mass is 808 g/mol. The van der Waals surface area contributed by atoms with E-state index in [-0.39, 0.29) is 0 Å². The molecular weight excluding hydrogens is 773 g/mol. The Balaban J connectivity index is 0.957. The third kappa shape index (κ3) is 5.37. The van der Waals surface area contributed by atoms with Crippen LogP contribution in [0.15, 0.2) is 223 Å².